The lowest BCUT2D eigenvalue weighted by atomic mass is 10.1. The van der Waals surface area contributed by atoms with E-state index >= 15 is 0 Å². The number of hydrogen-bond acceptors (Lipinski definition) is 4. The Morgan fingerprint density at radius 1 is 1.45 bits per heavy atom. The van der Waals surface area contributed by atoms with Gasteiger partial charge in [-0.25, -0.2) is 0 Å². The fourth-order valence-corrected chi connectivity index (χ4v) is 2.05. The summed E-state index contributed by atoms with van der Waals surface area (Å²) in [6.45, 7) is 2.54. The van der Waals surface area contributed by atoms with E-state index in [0.717, 1.165) is 11.3 Å². The van der Waals surface area contributed by atoms with Gasteiger partial charge in [-0.15, -0.1) is 0 Å². The Morgan fingerprint density at radius 3 is 2.80 bits per heavy atom. The highest BCUT2D eigenvalue weighted by Gasteiger charge is 2.11. The second-order valence-electron chi connectivity index (χ2n) is 4.65. The fourth-order valence-electron chi connectivity index (χ4n) is 2.05. The molecule has 2 rings (SSSR count). The number of nitrogen functional groups attached to an aromatic ring is 1. The van der Waals surface area contributed by atoms with Gasteiger partial charge in [0.05, 0.1) is 11.3 Å². The van der Waals surface area contributed by atoms with Gasteiger partial charge in [-0.05, 0) is 25.1 Å². The van der Waals surface area contributed by atoms with Crippen LogP contribution in [0.5, 0.6) is 0 Å². The van der Waals surface area contributed by atoms with Crippen molar-refractivity contribution in [1.29, 1.82) is 0 Å². The quantitative estimate of drug-likeness (QED) is 0.733. The molecule has 0 aliphatic carbocycles. The van der Waals surface area contributed by atoms with Crippen LogP contribution in [0.1, 0.15) is 21.6 Å². The molecule has 0 unspecified atom stereocenters. The van der Waals surface area contributed by atoms with E-state index in [4.69, 9.17) is 5.73 Å². The van der Waals surface area contributed by atoms with Gasteiger partial charge in [-0.3, -0.25) is 9.48 Å². The highest BCUT2D eigenvalue weighted by Crippen LogP contribution is 2.20. The van der Waals surface area contributed by atoms with Crippen molar-refractivity contribution in [3.8, 4) is 0 Å². The number of benzene rings is 1. The van der Waals surface area contributed by atoms with Crippen LogP contribution < -0.4 is 16.4 Å². The second kappa shape index (κ2) is 5.64. The van der Waals surface area contributed by atoms with Gasteiger partial charge in [0.1, 0.15) is 0 Å². The van der Waals surface area contributed by atoms with Crippen molar-refractivity contribution in [2.24, 2.45) is 7.05 Å². The molecule has 0 bridgehead atoms. The van der Waals surface area contributed by atoms with Crippen LogP contribution in [0, 0.1) is 6.92 Å². The maximum absolute atomic E-state index is 11.8. The molecule has 0 saturated carbocycles. The molecule has 0 spiro atoms. The number of nitrogens with zero attached hydrogens (tertiary/aromatic N) is 2. The van der Waals surface area contributed by atoms with E-state index in [1.807, 2.05) is 20.2 Å². The van der Waals surface area contributed by atoms with E-state index in [0.29, 0.717) is 23.5 Å². The summed E-state index contributed by atoms with van der Waals surface area (Å²) in [6.07, 6.45) is 1.95. The predicted molar refractivity (Wildman–Crippen MR) is 79.5 cm³/mol. The molecular formula is C14H19N5O. The molecule has 0 atom stereocenters. The molecule has 0 aliphatic rings. The average molecular weight is 273 g/mol. The number of carbonyl (C=O) groups excluding carboxylic acids is 1. The number of amides is 1. The maximum Gasteiger partial charge on any atom is 0.253 e. The Hall–Kier alpha value is -2.50. The molecule has 106 valence electrons. The Balaban J connectivity index is 2.22. The van der Waals surface area contributed by atoms with Gasteiger partial charge in [0.2, 0.25) is 0 Å². The first kappa shape index (κ1) is 13.9. The third-order valence-corrected chi connectivity index (χ3v) is 3.10. The summed E-state index contributed by atoms with van der Waals surface area (Å²) < 4.78 is 1.77. The topological polar surface area (TPSA) is 85.0 Å². The van der Waals surface area contributed by atoms with Gasteiger partial charge >= 0.3 is 0 Å². The highest BCUT2D eigenvalue weighted by atomic mass is 16.1. The summed E-state index contributed by atoms with van der Waals surface area (Å²) in [5.74, 6) is -0.143. The van der Waals surface area contributed by atoms with Gasteiger partial charge < -0.3 is 16.4 Å². The monoisotopic (exact) mass is 273 g/mol. The third-order valence-electron chi connectivity index (χ3n) is 3.10. The smallest absolute Gasteiger partial charge is 0.253 e. The summed E-state index contributed by atoms with van der Waals surface area (Å²) in [5.41, 5.74) is 9.73. The first-order valence-electron chi connectivity index (χ1n) is 6.36. The van der Waals surface area contributed by atoms with E-state index in [-0.39, 0.29) is 5.91 Å². The zero-order valence-electron chi connectivity index (χ0n) is 11.9. The molecule has 0 aliphatic heterocycles. The first-order chi connectivity index (χ1) is 9.51. The van der Waals surface area contributed by atoms with E-state index in [2.05, 4.69) is 15.7 Å². The standard InChI is InChI=1S/C14H19N5O/c1-9-10(8-19(3)18-9)7-17-13-6-11(15)4-5-12(13)14(20)16-2/h4-6,8,17H,7,15H2,1-3H3,(H,16,20). The maximum atomic E-state index is 11.8. The van der Waals surface area contributed by atoms with Gasteiger partial charge in [0.15, 0.2) is 0 Å². The second-order valence-corrected chi connectivity index (χ2v) is 4.65. The number of nitrogens with one attached hydrogen (secondary N) is 2. The van der Waals surface area contributed by atoms with Gasteiger partial charge in [0, 0.05) is 43.8 Å². The Morgan fingerprint density at radius 2 is 2.20 bits per heavy atom. The molecule has 0 saturated heterocycles. The number of hydrogen-bond donors (Lipinski definition) is 3. The lowest BCUT2D eigenvalue weighted by Crippen LogP contribution is -2.19. The van der Waals surface area contributed by atoms with Crippen LogP contribution in [0.15, 0.2) is 24.4 Å². The van der Waals surface area contributed by atoms with Crippen LogP contribution in [-0.2, 0) is 13.6 Å². The van der Waals surface area contributed by atoms with Gasteiger partial charge in [0.25, 0.3) is 5.91 Å². The zero-order chi connectivity index (χ0) is 14.7. The number of aryl methyl sites for hydroxylation is 2. The summed E-state index contributed by atoms with van der Waals surface area (Å²) in [7, 11) is 3.49. The van der Waals surface area contributed by atoms with Crippen molar-refractivity contribution in [3.05, 3.63) is 41.2 Å². The molecule has 1 aromatic heterocycles. The Labute approximate surface area is 118 Å². The fraction of sp³-hybridized carbons (Fsp3) is 0.286. The summed E-state index contributed by atoms with van der Waals surface area (Å²) >= 11 is 0. The first-order valence-corrected chi connectivity index (χ1v) is 6.36. The van der Waals surface area contributed by atoms with E-state index in [9.17, 15) is 4.79 Å². The van der Waals surface area contributed by atoms with Crippen LogP contribution in [0.4, 0.5) is 11.4 Å². The number of rotatable bonds is 4. The van der Waals surface area contributed by atoms with Crippen LogP contribution in [0.2, 0.25) is 0 Å². The van der Waals surface area contributed by atoms with Crippen molar-refractivity contribution in [3.63, 3.8) is 0 Å². The summed E-state index contributed by atoms with van der Waals surface area (Å²) in [5, 5.41) is 10.2. The number of aromatic nitrogens is 2. The largest absolute Gasteiger partial charge is 0.399 e. The van der Waals surface area contributed by atoms with Crippen molar-refractivity contribution < 1.29 is 4.79 Å². The van der Waals surface area contributed by atoms with Crippen LogP contribution in [0.25, 0.3) is 0 Å². The Kier molecular flexibility index (Phi) is 3.93. The molecule has 1 amide bonds. The lowest BCUT2D eigenvalue weighted by Gasteiger charge is -2.11. The SMILES string of the molecule is CNC(=O)c1ccc(N)cc1NCc1cn(C)nc1C. The molecule has 1 heterocycles. The summed E-state index contributed by atoms with van der Waals surface area (Å²) in [4.78, 5) is 11.8. The molecule has 6 heteroatoms. The highest BCUT2D eigenvalue weighted by molar-refractivity contribution is 6.00. The summed E-state index contributed by atoms with van der Waals surface area (Å²) in [6, 6.07) is 5.19. The van der Waals surface area contributed by atoms with E-state index < -0.39 is 0 Å². The molecule has 0 fully saturated rings. The molecule has 1 aromatic carbocycles. The minimum Gasteiger partial charge on any atom is -0.399 e. The predicted octanol–water partition coefficient (Wildman–Crippen LogP) is 1.28. The van der Waals surface area contributed by atoms with Gasteiger partial charge in [-0.1, -0.05) is 0 Å². The molecule has 4 N–H and O–H groups in total. The number of nitrogens with two attached hydrogens (primary N) is 1. The van der Waals surface area contributed by atoms with Crippen molar-refractivity contribution in [2.45, 2.75) is 13.5 Å². The molecule has 20 heavy (non-hydrogen) atoms. The minimum absolute atomic E-state index is 0.143. The third kappa shape index (κ3) is 2.90. The van der Waals surface area contributed by atoms with Crippen molar-refractivity contribution in [2.75, 3.05) is 18.1 Å². The lowest BCUT2D eigenvalue weighted by molar-refractivity contribution is 0.0964. The van der Waals surface area contributed by atoms with Crippen molar-refractivity contribution >= 4 is 17.3 Å². The Bertz CT molecular complexity index is 632. The number of carbonyl (C=O) groups is 1. The van der Waals surface area contributed by atoms with Crippen LogP contribution >= 0.6 is 0 Å². The molecule has 2 aromatic rings. The van der Waals surface area contributed by atoms with E-state index in [1.165, 1.54) is 0 Å². The molecule has 6 nitrogen and oxygen atoms in total. The normalized spacial score (nSPS) is 10.3. The van der Waals surface area contributed by atoms with Crippen molar-refractivity contribution in [1.82, 2.24) is 15.1 Å². The minimum atomic E-state index is -0.143. The molecular weight excluding hydrogens is 254 g/mol. The zero-order valence-corrected chi connectivity index (χ0v) is 11.9. The van der Waals surface area contributed by atoms with Gasteiger partial charge in [-0.2, -0.15) is 5.10 Å². The van der Waals surface area contributed by atoms with Crippen LogP contribution in [0.3, 0.4) is 0 Å². The molecule has 0 radical (unpaired) electrons. The van der Waals surface area contributed by atoms with Crippen LogP contribution in [-0.4, -0.2) is 22.7 Å². The average Bonchev–Trinajstić information content (AvgIpc) is 2.74. The van der Waals surface area contributed by atoms with E-state index in [1.54, 1.807) is 29.9 Å². The number of anilines is 2.